The zero-order valence-corrected chi connectivity index (χ0v) is 11.8. The smallest absolute Gasteiger partial charge is 0.128 e. The minimum Gasteiger partial charge on any atom is -0.356 e. The topological polar surface area (TPSA) is 42.1 Å². The van der Waals surface area contributed by atoms with Crippen LogP contribution < -0.4 is 10.6 Å². The summed E-state index contributed by atoms with van der Waals surface area (Å²) in [6, 6.07) is 4.88. The molecular weight excluding hydrogens is 222 g/mol. The third-order valence-corrected chi connectivity index (χ3v) is 4.22. The number of hydrogen-bond acceptors (Lipinski definition) is 3. The number of nitrogens with two attached hydrogens (primary N) is 1. The number of rotatable bonds is 3. The van der Waals surface area contributed by atoms with Crippen molar-refractivity contribution in [3.8, 4) is 0 Å². The monoisotopic (exact) mass is 247 g/mol. The predicted molar refractivity (Wildman–Crippen MR) is 76.7 cm³/mol. The van der Waals surface area contributed by atoms with Gasteiger partial charge in [-0.3, -0.25) is 0 Å². The van der Waals surface area contributed by atoms with E-state index < -0.39 is 0 Å². The van der Waals surface area contributed by atoms with Crippen molar-refractivity contribution in [3.05, 3.63) is 23.9 Å². The van der Waals surface area contributed by atoms with Crippen molar-refractivity contribution in [1.82, 2.24) is 4.98 Å². The maximum Gasteiger partial charge on any atom is 0.128 e. The van der Waals surface area contributed by atoms with Crippen molar-refractivity contribution in [2.45, 2.75) is 51.6 Å². The van der Waals surface area contributed by atoms with Gasteiger partial charge in [0.1, 0.15) is 5.82 Å². The highest BCUT2D eigenvalue weighted by Gasteiger charge is 2.25. The van der Waals surface area contributed by atoms with E-state index in [0.717, 1.165) is 17.3 Å². The largest absolute Gasteiger partial charge is 0.356 e. The molecule has 1 heterocycles. The number of anilines is 1. The molecular formula is C15H25N3. The molecule has 0 aliphatic heterocycles. The fourth-order valence-electron chi connectivity index (χ4n) is 2.92. The van der Waals surface area contributed by atoms with E-state index in [1.807, 2.05) is 13.1 Å². The first-order chi connectivity index (χ1) is 8.59. The molecule has 1 aliphatic carbocycles. The Morgan fingerprint density at radius 2 is 2.06 bits per heavy atom. The third kappa shape index (κ3) is 2.83. The van der Waals surface area contributed by atoms with Gasteiger partial charge in [-0.15, -0.1) is 0 Å². The summed E-state index contributed by atoms with van der Waals surface area (Å²) in [5, 5.41) is 0. The Hall–Kier alpha value is -1.09. The van der Waals surface area contributed by atoms with Gasteiger partial charge in [-0.25, -0.2) is 4.98 Å². The fraction of sp³-hybridized carbons (Fsp3) is 0.667. The Labute approximate surface area is 110 Å². The Morgan fingerprint density at radius 1 is 1.33 bits per heavy atom. The van der Waals surface area contributed by atoms with E-state index in [9.17, 15) is 0 Å². The summed E-state index contributed by atoms with van der Waals surface area (Å²) in [6.45, 7) is 4.35. The highest BCUT2D eigenvalue weighted by molar-refractivity contribution is 5.40. The van der Waals surface area contributed by atoms with Crippen LogP contribution in [0, 0.1) is 5.92 Å². The lowest BCUT2D eigenvalue weighted by Gasteiger charge is -2.37. The first-order valence-electron chi connectivity index (χ1n) is 7.04. The highest BCUT2D eigenvalue weighted by atomic mass is 15.2. The van der Waals surface area contributed by atoms with E-state index in [1.165, 1.54) is 25.7 Å². The van der Waals surface area contributed by atoms with Crippen LogP contribution in [-0.2, 0) is 0 Å². The zero-order chi connectivity index (χ0) is 13.1. The minimum atomic E-state index is 0.0606. The normalized spacial score (nSPS) is 25.8. The van der Waals surface area contributed by atoms with Gasteiger partial charge in [-0.2, -0.15) is 0 Å². The lowest BCUT2D eigenvalue weighted by atomic mass is 9.85. The lowest BCUT2D eigenvalue weighted by molar-refractivity contribution is 0.320. The molecule has 0 bridgehead atoms. The summed E-state index contributed by atoms with van der Waals surface area (Å²) >= 11 is 0. The van der Waals surface area contributed by atoms with Gasteiger partial charge in [-0.1, -0.05) is 25.8 Å². The van der Waals surface area contributed by atoms with Gasteiger partial charge in [0.2, 0.25) is 0 Å². The first kappa shape index (κ1) is 13.3. The van der Waals surface area contributed by atoms with Gasteiger partial charge in [0.15, 0.2) is 0 Å². The molecule has 2 rings (SSSR count). The molecule has 1 saturated carbocycles. The second-order valence-corrected chi connectivity index (χ2v) is 5.68. The molecule has 100 valence electrons. The Balaban J connectivity index is 2.10. The Morgan fingerprint density at radius 3 is 2.61 bits per heavy atom. The number of pyridine rings is 1. The molecule has 1 aromatic rings. The van der Waals surface area contributed by atoms with Crippen molar-refractivity contribution in [1.29, 1.82) is 0 Å². The summed E-state index contributed by atoms with van der Waals surface area (Å²) in [5.41, 5.74) is 6.95. The molecule has 3 heteroatoms. The van der Waals surface area contributed by atoms with Crippen LogP contribution in [0.15, 0.2) is 18.3 Å². The molecule has 18 heavy (non-hydrogen) atoms. The highest BCUT2D eigenvalue weighted by Crippen LogP contribution is 2.29. The summed E-state index contributed by atoms with van der Waals surface area (Å²) in [7, 11) is 2.17. The van der Waals surface area contributed by atoms with Crippen molar-refractivity contribution >= 4 is 5.82 Å². The Bertz CT molecular complexity index is 372. The van der Waals surface area contributed by atoms with Crippen molar-refractivity contribution in [2.24, 2.45) is 11.7 Å². The van der Waals surface area contributed by atoms with Crippen molar-refractivity contribution in [2.75, 3.05) is 11.9 Å². The molecule has 0 amide bonds. The third-order valence-electron chi connectivity index (χ3n) is 4.22. The Kier molecular flexibility index (Phi) is 4.23. The van der Waals surface area contributed by atoms with E-state index >= 15 is 0 Å². The maximum atomic E-state index is 5.85. The van der Waals surface area contributed by atoms with E-state index in [2.05, 4.69) is 36.0 Å². The van der Waals surface area contributed by atoms with Crippen LogP contribution in [-0.4, -0.2) is 18.1 Å². The van der Waals surface area contributed by atoms with Crippen molar-refractivity contribution in [3.63, 3.8) is 0 Å². The molecule has 1 aromatic heterocycles. The molecule has 3 nitrogen and oxygen atoms in total. The standard InChI is InChI=1S/C15H25N3/c1-11-6-4-5-7-14(11)18(3)15-9-8-13(10-17-15)12(2)16/h8-12,14H,4-7,16H2,1-3H3/t11?,12-,14?/m0/s1. The molecule has 2 unspecified atom stereocenters. The van der Waals surface area contributed by atoms with E-state index in [0.29, 0.717) is 6.04 Å². The number of aromatic nitrogens is 1. The summed E-state index contributed by atoms with van der Waals surface area (Å²) in [6.07, 6.45) is 7.26. The van der Waals surface area contributed by atoms with Gasteiger partial charge in [-0.05, 0) is 37.3 Å². The van der Waals surface area contributed by atoms with Crippen LogP contribution in [0.3, 0.4) is 0 Å². The van der Waals surface area contributed by atoms with E-state index in [4.69, 9.17) is 5.73 Å². The van der Waals surface area contributed by atoms with E-state index in [-0.39, 0.29) is 6.04 Å². The molecule has 0 spiro atoms. The molecule has 2 N–H and O–H groups in total. The molecule has 0 radical (unpaired) electrons. The second-order valence-electron chi connectivity index (χ2n) is 5.68. The van der Waals surface area contributed by atoms with Gasteiger partial charge in [0.05, 0.1) is 0 Å². The maximum absolute atomic E-state index is 5.85. The van der Waals surface area contributed by atoms with Crippen molar-refractivity contribution < 1.29 is 0 Å². The number of nitrogens with zero attached hydrogens (tertiary/aromatic N) is 2. The summed E-state index contributed by atoms with van der Waals surface area (Å²) < 4.78 is 0. The SMILES string of the molecule is CC1CCCCC1N(C)c1ccc([C@H](C)N)cn1. The van der Waals surface area contributed by atoms with Crippen LogP contribution in [0.2, 0.25) is 0 Å². The zero-order valence-electron chi connectivity index (χ0n) is 11.8. The van der Waals surface area contributed by atoms with Crippen LogP contribution in [0.4, 0.5) is 5.82 Å². The summed E-state index contributed by atoms with van der Waals surface area (Å²) in [4.78, 5) is 6.90. The lowest BCUT2D eigenvalue weighted by Crippen LogP contribution is -2.39. The van der Waals surface area contributed by atoms with Gasteiger partial charge >= 0.3 is 0 Å². The average molecular weight is 247 g/mol. The minimum absolute atomic E-state index is 0.0606. The van der Waals surface area contributed by atoms with Gasteiger partial charge in [0, 0.05) is 25.3 Å². The molecule has 1 aliphatic rings. The second kappa shape index (κ2) is 5.70. The van der Waals surface area contributed by atoms with Crippen LogP contribution in [0.5, 0.6) is 0 Å². The van der Waals surface area contributed by atoms with Gasteiger partial charge < -0.3 is 10.6 Å². The van der Waals surface area contributed by atoms with Gasteiger partial charge in [0.25, 0.3) is 0 Å². The molecule has 0 aromatic carbocycles. The number of hydrogen-bond donors (Lipinski definition) is 1. The predicted octanol–water partition coefficient (Wildman–Crippen LogP) is 3.12. The molecule has 1 fully saturated rings. The summed E-state index contributed by atoms with van der Waals surface area (Å²) in [5.74, 6) is 1.83. The van der Waals surface area contributed by atoms with Crippen LogP contribution >= 0.6 is 0 Å². The van der Waals surface area contributed by atoms with Crippen LogP contribution in [0.25, 0.3) is 0 Å². The average Bonchev–Trinajstić information content (AvgIpc) is 2.38. The quantitative estimate of drug-likeness (QED) is 0.892. The first-order valence-corrected chi connectivity index (χ1v) is 7.04. The molecule has 0 saturated heterocycles. The van der Waals surface area contributed by atoms with E-state index in [1.54, 1.807) is 0 Å². The van der Waals surface area contributed by atoms with Crippen LogP contribution in [0.1, 0.15) is 51.1 Å². The molecule has 3 atom stereocenters. The fourth-order valence-corrected chi connectivity index (χ4v) is 2.92.